The van der Waals surface area contributed by atoms with Crippen molar-refractivity contribution in [3.05, 3.63) is 23.2 Å². The minimum atomic E-state index is 0.560. The lowest BCUT2D eigenvalue weighted by Crippen LogP contribution is -2.43. The van der Waals surface area contributed by atoms with Gasteiger partial charge >= 0.3 is 0 Å². The summed E-state index contributed by atoms with van der Waals surface area (Å²) in [7, 11) is 0. The van der Waals surface area contributed by atoms with Crippen LogP contribution in [0.1, 0.15) is 33.1 Å². The van der Waals surface area contributed by atoms with Crippen molar-refractivity contribution in [1.82, 2.24) is 0 Å². The molecule has 16 heavy (non-hydrogen) atoms. The molecule has 88 valence electrons. The number of benzene rings is 1. The van der Waals surface area contributed by atoms with Gasteiger partial charge in [0.25, 0.3) is 0 Å². The van der Waals surface area contributed by atoms with Gasteiger partial charge in [0.15, 0.2) is 0 Å². The number of nitrogens with zero attached hydrogens (tertiary/aromatic N) is 1. The molecule has 0 spiro atoms. The summed E-state index contributed by atoms with van der Waals surface area (Å²) in [6.45, 7) is 4.53. The van der Waals surface area contributed by atoms with Gasteiger partial charge in [-0.3, -0.25) is 0 Å². The molecule has 1 aromatic carbocycles. The standard InChI is InChI=1S/C13H19ClN2/c1-9-4-3-5-10(2)16(9)13-7-6-11(15)8-12(13)14/h6-10H,3-5,15H2,1-2H3. The number of hydrogen-bond acceptors (Lipinski definition) is 2. The molecule has 2 rings (SSSR count). The molecule has 1 aromatic rings. The van der Waals surface area contributed by atoms with Crippen LogP contribution in [0.3, 0.4) is 0 Å². The number of halogens is 1. The molecule has 0 aliphatic carbocycles. The molecule has 0 bridgehead atoms. The molecule has 1 heterocycles. The van der Waals surface area contributed by atoms with Crippen LogP contribution in [0.4, 0.5) is 11.4 Å². The van der Waals surface area contributed by atoms with E-state index in [0.717, 1.165) is 16.4 Å². The number of nitrogen functional groups attached to an aromatic ring is 1. The van der Waals surface area contributed by atoms with E-state index in [4.69, 9.17) is 17.3 Å². The monoisotopic (exact) mass is 238 g/mol. The van der Waals surface area contributed by atoms with Gasteiger partial charge in [0.2, 0.25) is 0 Å². The van der Waals surface area contributed by atoms with Crippen LogP contribution in [-0.4, -0.2) is 12.1 Å². The second-order valence-electron chi connectivity index (χ2n) is 4.75. The Bertz CT molecular complexity index is 368. The first-order valence-electron chi connectivity index (χ1n) is 5.93. The largest absolute Gasteiger partial charge is 0.399 e. The number of hydrogen-bond donors (Lipinski definition) is 1. The summed E-state index contributed by atoms with van der Waals surface area (Å²) in [5.74, 6) is 0. The van der Waals surface area contributed by atoms with E-state index in [0.29, 0.717) is 12.1 Å². The van der Waals surface area contributed by atoms with Crippen LogP contribution in [0.2, 0.25) is 5.02 Å². The third-order valence-electron chi connectivity index (χ3n) is 3.44. The van der Waals surface area contributed by atoms with E-state index < -0.39 is 0 Å². The first-order valence-corrected chi connectivity index (χ1v) is 6.30. The van der Waals surface area contributed by atoms with E-state index in [9.17, 15) is 0 Å². The fraction of sp³-hybridized carbons (Fsp3) is 0.538. The SMILES string of the molecule is CC1CCCC(C)N1c1ccc(N)cc1Cl. The van der Waals surface area contributed by atoms with Crippen molar-refractivity contribution >= 4 is 23.0 Å². The van der Waals surface area contributed by atoms with Gasteiger partial charge in [-0.05, 0) is 51.3 Å². The summed E-state index contributed by atoms with van der Waals surface area (Å²) in [4.78, 5) is 2.42. The van der Waals surface area contributed by atoms with E-state index in [2.05, 4.69) is 18.7 Å². The van der Waals surface area contributed by atoms with Crippen molar-refractivity contribution in [2.45, 2.75) is 45.2 Å². The summed E-state index contributed by atoms with van der Waals surface area (Å²) < 4.78 is 0. The van der Waals surface area contributed by atoms with Crippen LogP contribution in [0, 0.1) is 0 Å². The normalized spacial score (nSPS) is 25.8. The van der Waals surface area contributed by atoms with Gasteiger partial charge in [-0.15, -0.1) is 0 Å². The lowest BCUT2D eigenvalue weighted by Gasteiger charge is -2.41. The Morgan fingerprint density at radius 3 is 2.44 bits per heavy atom. The Balaban J connectivity index is 2.34. The third kappa shape index (κ3) is 2.12. The molecule has 0 saturated carbocycles. The maximum Gasteiger partial charge on any atom is 0.0660 e. The zero-order chi connectivity index (χ0) is 11.7. The van der Waals surface area contributed by atoms with Gasteiger partial charge in [0.05, 0.1) is 10.7 Å². The lowest BCUT2D eigenvalue weighted by atomic mass is 9.96. The van der Waals surface area contributed by atoms with Crippen molar-refractivity contribution in [3.8, 4) is 0 Å². The predicted molar refractivity (Wildman–Crippen MR) is 71.1 cm³/mol. The molecular weight excluding hydrogens is 220 g/mol. The van der Waals surface area contributed by atoms with Crippen molar-refractivity contribution in [1.29, 1.82) is 0 Å². The van der Waals surface area contributed by atoms with Crippen LogP contribution in [0.5, 0.6) is 0 Å². The Morgan fingerprint density at radius 1 is 1.25 bits per heavy atom. The van der Waals surface area contributed by atoms with E-state index in [-0.39, 0.29) is 0 Å². The van der Waals surface area contributed by atoms with Gasteiger partial charge in [-0.1, -0.05) is 11.6 Å². The molecule has 1 fully saturated rings. The molecule has 2 N–H and O–H groups in total. The van der Waals surface area contributed by atoms with E-state index >= 15 is 0 Å². The molecule has 2 atom stereocenters. The molecule has 0 radical (unpaired) electrons. The highest BCUT2D eigenvalue weighted by atomic mass is 35.5. The van der Waals surface area contributed by atoms with Gasteiger partial charge < -0.3 is 10.6 Å². The fourth-order valence-electron chi connectivity index (χ4n) is 2.63. The van der Waals surface area contributed by atoms with Crippen molar-refractivity contribution in [2.75, 3.05) is 10.6 Å². The fourth-order valence-corrected chi connectivity index (χ4v) is 2.92. The molecule has 2 nitrogen and oxygen atoms in total. The van der Waals surface area contributed by atoms with Gasteiger partial charge in [-0.2, -0.15) is 0 Å². The minimum absolute atomic E-state index is 0.560. The zero-order valence-electron chi connectivity index (χ0n) is 9.91. The highest BCUT2D eigenvalue weighted by Crippen LogP contribution is 2.34. The molecule has 3 heteroatoms. The first kappa shape index (κ1) is 11.6. The second-order valence-corrected chi connectivity index (χ2v) is 5.15. The van der Waals surface area contributed by atoms with Gasteiger partial charge in [0, 0.05) is 17.8 Å². The Kier molecular flexibility index (Phi) is 3.29. The number of anilines is 2. The molecule has 0 amide bonds. The van der Waals surface area contributed by atoms with Crippen molar-refractivity contribution in [2.24, 2.45) is 0 Å². The predicted octanol–water partition coefficient (Wildman–Crippen LogP) is 3.69. The van der Waals surface area contributed by atoms with Gasteiger partial charge in [-0.25, -0.2) is 0 Å². The Hall–Kier alpha value is -0.890. The van der Waals surface area contributed by atoms with E-state index in [1.54, 1.807) is 0 Å². The third-order valence-corrected chi connectivity index (χ3v) is 3.75. The summed E-state index contributed by atoms with van der Waals surface area (Å²) >= 11 is 6.27. The smallest absolute Gasteiger partial charge is 0.0660 e. The maximum atomic E-state index is 6.27. The highest BCUT2D eigenvalue weighted by Gasteiger charge is 2.26. The average molecular weight is 239 g/mol. The molecule has 0 aromatic heterocycles. The summed E-state index contributed by atoms with van der Waals surface area (Å²) in [6, 6.07) is 6.92. The van der Waals surface area contributed by atoms with Crippen molar-refractivity contribution < 1.29 is 0 Å². The Morgan fingerprint density at radius 2 is 1.88 bits per heavy atom. The second kappa shape index (κ2) is 4.54. The average Bonchev–Trinajstić information content (AvgIpc) is 2.20. The number of piperidine rings is 1. The number of rotatable bonds is 1. The maximum absolute atomic E-state index is 6.27. The van der Waals surface area contributed by atoms with Crippen molar-refractivity contribution in [3.63, 3.8) is 0 Å². The van der Waals surface area contributed by atoms with E-state index in [1.807, 2.05) is 18.2 Å². The lowest BCUT2D eigenvalue weighted by molar-refractivity contribution is 0.414. The summed E-state index contributed by atoms with van der Waals surface area (Å²) in [5, 5.41) is 0.764. The summed E-state index contributed by atoms with van der Waals surface area (Å²) in [5.41, 5.74) is 7.57. The minimum Gasteiger partial charge on any atom is -0.399 e. The molecule has 2 unspecified atom stereocenters. The highest BCUT2D eigenvalue weighted by molar-refractivity contribution is 6.33. The Labute approximate surface area is 102 Å². The zero-order valence-corrected chi connectivity index (χ0v) is 10.7. The quantitative estimate of drug-likeness (QED) is 0.757. The molecular formula is C13H19ClN2. The molecule has 1 saturated heterocycles. The van der Waals surface area contributed by atoms with E-state index in [1.165, 1.54) is 19.3 Å². The topological polar surface area (TPSA) is 29.3 Å². The van der Waals surface area contributed by atoms with Crippen LogP contribution in [0.15, 0.2) is 18.2 Å². The molecule has 1 aliphatic heterocycles. The molecule has 1 aliphatic rings. The van der Waals surface area contributed by atoms with Gasteiger partial charge in [0.1, 0.15) is 0 Å². The number of nitrogens with two attached hydrogens (primary N) is 1. The van der Waals surface area contributed by atoms with Crippen LogP contribution in [0.25, 0.3) is 0 Å². The first-order chi connectivity index (χ1) is 7.59. The summed E-state index contributed by atoms with van der Waals surface area (Å²) in [6.07, 6.45) is 3.79. The van der Waals surface area contributed by atoms with Crippen LogP contribution in [-0.2, 0) is 0 Å². The van der Waals surface area contributed by atoms with Crippen LogP contribution < -0.4 is 10.6 Å². The van der Waals surface area contributed by atoms with Crippen LogP contribution >= 0.6 is 11.6 Å².